The molecule has 1 aromatic rings. The monoisotopic (exact) mass is 292 g/mol. The minimum atomic E-state index is -0.238. The molecule has 1 aliphatic rings. The Hall–Kier alpha value is -1.75. The van der Waals surface area contributed by atoms with Crippen LogP contribution in [-0.2, 0) is 0 Å². The van der Waals surface area contributed by atoms with E-state index in [1.807, 2.05) is 0 Å². The third-order valence-electron chi connectivity index (χ3n) is 4.02. The zero-order valence-corrected chi connectivity index (χ0v) is 12.7. The summed E-state index contributed by atoms with van der Waals surface area (Å²) in [5, 5.41) is 16.5. The molecule has 0 heterocycles. The van der Waals surface area contributed by atoms with Crippen LogP contribution in [0.25, 0.3) is 0 Å². The Kier molecular flexibility index (Phi) is 5.44. The second-order valence-electron chi connectivity index (χ2n) is 5.44. The van der Waals surface area contributed by atoms with E-state index >= 15 is 0 Å². The average Bonchev–Trinajstić information content (AvgIpc) is 2.49. The summed E-state index contributed by atoms with van der Waals surface area (Å²) >= 11 is 0. The number of carbonyl (C=O) groups excluding carboxylic acids is 1. The molecule has 2 rings (SSSR count). The third kappa shape index (κ3) is 3.88. The van der Waals surface area contributed by atoms with E-state index in [0.29, 0.717) is 11.8 Å². The number of para-hydroxylation sites is 1. The summed E-state index contributed by atoms with van der Waals surface area (Å²) in [5.41, 5.74) is 0.267. The fraction of sp³-hybridized carbons (Fsp3) is 0.562. The lowest BCUT2D eigenvalue weighted by molar-refractivity contribution is 0.0921. The molecule has 1 amide bonds. The summed E-state index contributed by atoms with van der Waals surface area (Å²) in [5.74, 6) is -0.0179. The molecule has 0 saturated heterocycles. The number of rotatable bonds is 5. The minimum Gasteiger partial charge on any atom is -0.504 e. The van der Waals surface area contributed by atoms with Gasteiger partial charge in [-0.1, -0.05) is 13.0 Å². The number of hydrogen-bond donors (Lipinski definition) is 3. The van der Waals surface area contributed by atoms with Gasteiger partial charge in [0.15, 0.2) is 11.5 Å². The topological polar surface area (TPSA) is 70.6 Å². The normalized spacial score (nSPS) is 21.8. The fourth-order valence-electron chi connectivity index (χ4n) is 2.86. The van der Waals surface area contributed by atoms with E-state index in [1.165, 1.54) is 7.11 Å². The highest BCUT2D eigenvalue weighted by Crippen LogP contribution is 2.29. The summed E-state index contributed by atoms with van der Waals surface area (Å²) in [6.07, 6.45) is 4.08. The van der Waals surface area contributed by atoms with Crippen LogP contribution in [0.5, 0.6) is 11.5 Å². The maximum Gasteiger partial charge on any atom is 0.255 e. The van der Waals surface area contributed by atoms with Gasteiger partial charge in [0, 0.05) is 12.1 Å². The molecule has 0 spiro atoms. The second-order valence-corrected chi connectivity index (χ2v) is 5.44. The molecule has 0 aliphatic heterocycles. The van der Waals surface area contributed by atoms with Crippen molar-refractivity contribution in [3.63, 3.8) is 0 Å². The van der Waals surface area contributed by atoms with Crippen molar-refractivity contribution in [1.29, 1.82) is 0 Å². The van der Waals surface area contributed by atoms with Gasteiger partial charge in [0.05, 0.1) is 12.7 Å². The molecule has 5 heteroatoms. The van der Waals surface area contributed by atoms with E-state index in [1.54, 1.807) is 18.2 Å². The van der Waals surface area contributed by atoms with Gasteiger partial charge >= 0.3 is 0 Å². The Morgan fingerprint density at radius 3 is 2.57 bits per heavy atom. The highest BCUT2D eigenvalue weighted by molar-refractivity contribution is 5.97. The zero-order chi connectivity index (χ0) is 15.2. The molecule has 3 N–H and O–H groups in total. The number of hydrogen-bond acceptors (Lipinski definition) is 4. The minimum absolute atomic E-state index is 0.0983. The van der Waals surface area contributed by atoms with Crippen LogP contribution in [0.3, 0.4) is 0 Å². The molecule has 21 heavy (non-hydrogen) atoms. The van der Waals surface area contributed by atoms with E-state index in [0.717, 1.165) is 32.2 Å². The van der Waals surface area contributed by atoms with Gasteiger partial charge in [-0.15, -0.1) is 0 Å². The largest absolute Gasteiger partial charge is 0.504 e. The van der Waals surface area contributed by atoms with Gasteiger partial charge in [0.2, 0.25) is 0 Å². The van der Waals surface area contributed by atoms with Crippen LogP contribution in [0, 0.1) is 0 Å². The SMILES string of the molecule is CCNC1CCC(NC(=O)c2cccc(OC)c2O)CC1. The number of benzene rings is 1. The number of methoxy groups -OCH3 is 1. The van der Waals surface area contributed by atoms with Crippen molar-refractivity contribution in [2.45, 2.75) is 44.7 Å². The number of phenolic OH excluding ortho intramolecular Hbond substituents is 1. The molecule has 1 fully saturated rings. The molecule has 1 aliphatic carbocycles. The van der Waals surface area contributed by atoms with Gasteiger partial charge in [-0.25, -0.2) is 0 Å². The lowest BCUT2D eigenvalue weighted by atomic mass is 9.91. The zero-order valence-electron chi connectivity index (χ0n) is 12.7. The van der Waals surface area contributed by atoms with Crippen molar-refractivity contribution in [3.05, 3.63) is 23.8 Å². The number of aromatic hydroxyl groups is 1. The van der Waals surface area contributed by atoms with Gasteiger partial charge in [0.1, 0.15) is 0 Å². The standard InChI is InChI=1S/C16H24N2O3/c1-3-17-11-7-9-12(10-8-11)18-16(20)13-5-4-6-14(21-2)15(13)19/h4-6,11-12,17,19H,3,7-10H2,1-2H3,(H,18,20). The lowest BCUT2D eigenvalue weighted by Crippen LogP contribution is -2.42. The Morgan fingerprint density at radius 2 is 1.95 bits per heavy atom. The highest BCUT2D eigenvalue weighted by Gasteiger charge is 2.23. The predicted molar refractivity (Wildman–Crippen MR) is 81.8 cm³/mol. The molecule has 0 aromatic heterocycles. The van der Waals surface area contributed by atoms with E-state index < -0.39 is 0 Å². The maximum absolute atomic E-state index is 12.3. The van der Waals surface area contributed by atoms with E-state index in [9.17, 15) is 9.90 Å². The Morgan fingerprint density at radius 1 is 1.29 bits per heavy atom. The average molecular weight is 292 g/mol. The molecular formula is C16H24N2O3. The fourth-order valence-corrected chi connectivity index (χ4v) is 2.86. The first kappa shape index (κ1) is 15.6. The number of phenols is 1. The smallest absolute Gasteiger partial charge is 0.255 e. The first-order valence-corrected chi connectivity index (χ1v) is 7.56. The lowest BCUT2D eigenvalue weighted by Gasteiger charge is -2.29. The molecule has 1 aromatic carbocycles. The van der Waals surface area contributed by atoms with Crippen LogP contribution >= 0.6 is 0 Å². The summed E-state index contributed by atoms with van der Waals surface area (Å²) < 4.78 is 5.03. The van der Waals surface area contributed by atoms with Gasteiger partial charge in [-0.05, 0) is 44.4 Å². The molecule has 0 atom stereocenters. The third-order valence-corrected chi connectivity index (χ3v) is 4.02. The highest BCUT2D eigenvalue weighted by atomic mass is 16.5. The van der Waals surface area contributed by atoms with Crippen LogP contribution in [0.15, 0.2) is 18.2 Å². The molecule has 0 radical (unpaired) electrons. The van der Waals surface area contributed by atoms with Crippen molar-refractivity contribution in [3.8, 4) is 11.5 Å². The van der Waals surface area contributed by atoms with Crippen LogP contribution in [-0.4, -0.2) is 36.8 Å². The van der Waals surface area contributed by atoms with Crippen LogP contribution in [0.4, 0.5) is 0 Å². The van der Waals surface area contributed by atoms with Crippen molar-refractivity contribution < 1.29 is 14.6 Å². The van der Waals surface area contributed by atoms with E-state index in [4.69, 9.17) is 4.74 Å². The predicted octanol–water partition coefficient (Wildman–Crippen LogP) is 2.05. The van der Waals surface area contributed by atoms with Gasteiger partial charge in [0.25, 0.3) is 5.91 Å². The Labute approximate surface area is 125 Å². The van der Waals surface area contributed by atoms with Gasteiger partial charge < -0.3 is 20.5 Å². The number of carbonyl (C=O) groups is 1. The van der Waals surface area contributed by atoms with Crippen LogP contribution < -0.4 is 15.4 Å². The number of amides is 1. The van der Waals surface area contributed by atoms with Crippen molar-refractivity contribution in [2.75, 3.05) is 13.7 Å². The van der Waals surface area contributed by atoms with E-state index in [2.05, 4.69) is 17.6 Å². The quantitative estimate of drug-likeness (QED) is 0.777. The molecule has 1 saturated carbocycles. The maximum atomic E-state index is 12.3. The summed E-state index contributed by atoms with van der Waals surface area (Å²) in [6.45, 7) is 3.10. The summed E-state index contributed by atoms with van der Waals surface area (Å²) in [7, 11) is 1.47. The van der Waals surface area contributed by atoms with Crippen LogP contribution in [0.1, 0.15) is 43.0 Å². The molecule has 0 bridgehead atoms. The molecule has 116 valence electrons. The summed E-state index contributed by atoms with van der Waals surface area (Å²) in [6, 6.07) is 5.69. The van der Waals surface area contributed by atoms with Gasteiger partial charge in [-0.2, -0.15) is 0 Å². The second kappa shape index (κ2) is 7.31. The van der Waals surface area contributed by atoms with Crippen molar-refractivity contribution >= 4 is 5.91 Å². The summed E-state index contributed by atoms with van der Waals surface area (Å²) in [4.78, 5) is 12.3. The van der Waals surface area contributed by atoms with Gasteiger partial charge in [-0.3, -0.25) is 4.79 Å². The molecule has 5 nitrogen and oxygen atoms in total. The van der Waals surface area contributed by atoms with Crippen molar-refractivity contribution in [2.24, 2.45) is 0 Å². The van der Waals surface area contributed by atoms with Crippen molar-refractivity contribution in [1.82, 2.24) is 10.6 Å². The van der Waals surface area contributed by atoms with Crippen LogP contribution in [0.2, 0.25) is 0 Å². The molecular weight excluding hydrogens is 268 g/mol. The van der Waals surface area contributed by atoms with E-state index in [-0.39, 0.29) is 23.3 Å². The first-order valence-electron chi connectivity index (χ1n) is 7.56. The number of nitrogens with one attached hydrogen (secondary N) is 2. The number of ether oxygens (including phenoxy) is 1. The Bertz CT molecular complexity index is 482. The Balaban J connectivity index is 1.94. The molecule has 0 unspecified atom stereocenters. The first-order chi connectivity index (χ1) is 10.2.